The molecule has 0 aliphatic carbocycles. The van der Waals surface area contributed by atoms with E-state index in [1.54, 1.807) is 25.1 Å². The van der Waals surface area contributed by atoms with Gasteiger partial charge in [0.2, 0.25) is 0 Å². The minimum absolute atomic E-state index is 0.0714. The van der Waals surface area contributed by atoms with Gasteiger partial charge in [-0.25, -0.2) is 13.2 Å². The predicted molar refractivity (Wildman–Crippen MR) is 75.9 cm³/mol. The Morgan fingerprint density at radius 2 is 1.84 bits per heavy atom. The number of rotatable bonds is 4. The van der Waals surface area contributed by atoms with Gasteiger partial charge in [0.05, 0.1) is 6.61 Å². The monoisotopic (exact) mass is 322 g/mol. The summed E-state index contributed by atoms with van der Waals surface area (Å²) in [6.07, 6.45) is 2.04. The Morgan fingerprint density at radius 3 is 2.26 bits per heavy atom. The Labute approximate surface area is 121 Å². The number of hydrogen-bond acceptors (Lipinski definition) is 4. The third-order valence-corrected chi connectivity index (χ3v) is 3.89. The fourth-order valence-corrected chi connectivity index (χ4v) is 2.50. The van der Waals surface area contributed by atoms with E-state index in [0.29, 0.717) is 0 Å². The third kappa shape index (κ3) is 4.23. The minimum atomic E-state index is -3.75. The number of hydrogen-bond donors (Lipinski definition) is 0. The van der Waals surface area contributed by atoms with Crippen LogP contribution >= 0.6 is 23.2 Å². The van der Waals surface area contributed by atoms with Crippen LogP contribution in [0.3, 0.4) is 0 Å². The SMILES string of the molecule is CCOC(=O)/C(=C/c1c(Cl)cccc1Cl)S(C)(=O)=O. The molecule has 104 valence electrons. The van der Waals surface area contributed by atoms with Crippen molar-refractivity contribution in [3.8, 4) is 0 Å². The van der Waals surface area contributed by atoms with Crippen molar-refractivity contribution in [2.45, 2.75) is 6.92 Å². The van der Waals surface area contributed by atoms with Gasteiger partial charge in [-0.1, -0.05) is 29.3 Å². The van der Waals surface area contributed by atoms with Gasteiger partial charge in [-0.05, 0) is 25.1 Å². The smallest absolute Gasteiger partial charge is 0.349 e. The molecule has 0 fully saturated rings. The fourth-order valence-electron chi connectivity index (χ4n) is 1.30. The molecule has 0 aromatic heterocycles. The number of benzene rings is 1. The highest BCUT2D eigenvalue weighted by molar-refractivity contribution is 7.95. The van der Waals surface area contributed by atoms with Crippen molar-refractivity contribution in [1.82, 2.24) is 0 Å². The summed E-state index contributed by atoms with van der Waals surface area (Å²) in [5.41, 5.74) is 0.263. The molecule has 0 unspecified atom stereocenters. The van der Waals surface area contributed by atoms with E-state index in [0.717, 1.165) is 12.3 Å². The average molecular weight is 323 g/mol. The molecular formula is C12H12Cl2O4S. The van der Waals surface area contributed by atoms with E-state index >= 15 is 0 Å². The summed E-state index contributed by atoms with van der Waals surface area (Å²) in [6, 6.07) is 4.71. The molecule has 0 spiro atoms. The molecule has 0 N–H and O–H groups in total. The summed E-state index contributed by atoms with van der Waals surface area (Å²) < 4.78 is 27.9. The number of sulfone groups is 1. The van der Waals surface area contributed by atoms with Crippen LogP contribution in [-0.2, 0) is 19.4 Å². The highest BCUT2D eigenvalue weighted by Gasteiger charge is 2.22. The van der Waals surface area contributed by atoms with Crippen molar-refractivity contribution < 1.29 is 17.9 Å². The maximum absolute atomic E-state index is 11.7. The predicted octanol–water partition coefficient (Wildman–Crippen LogP) is 2.94. The number of esters is 1. The third-order valence-electron chi connectivity index (χ3n) is 2.15. The molecule has 7 heteroatoms. The van der Waals surface area contributed by atoms with E-state index < -0.39 is 20.7 Å². The van der Waals surface area contributed by atoms with Crippen LogP contribution in [-0.4, -0.2) is 27.2 Å². The second-order valence-electron chi connectivity index (χ2n) is 3.64. The Kier molecular flexibility index (Phi) is 5.40. The molecule has 1 aromatic carbocycles. The molecule has 1 rings (SSSR count). The fraction of sp³-hybridized carbons (Fsp3) is 0.250. The van der Waals surface area contributed by atoms with Crippen molar-refractivity contribution >= 4 is 45.1 Å². The summed E-state index contributed by atoms with van der Waals surface area (Å²) >= 11 is 11.9. The maximum Gasteiger partial charge on any atom is 0.349 e. The number of carbonyl (C=O) groups excluding carboxylic acids is 1. The molecule has 1 aromatic rings. The molecule has 0 saturated heterocycles. The normalized spacial score (nSPS) is 12.3. The molecule has 19 heavy (non-hydrogen) atoms. The van der Waals surface area contributed by atoms with E-state index in [2.05, 4.69) is 0 Å². The summed E-state index contributed by atoms with van der Waals surface area (Å²) in [4.78, 5) is 11.2. The van der Waals surface area contributed by atoms with Gasteiger partial charge < -0.3 is 4.74 Å². The zero-order chi connectivity index (χ0) is 14.6. The highest BCUT2D eigenvalue weighted by atomic mass is 35.5. The Morgan fingerprint density at radius 1 is 1.32 bits per heavy atom. The molecule has 0 bridgehead atoms. The minimum Gasteiger partial charge on any atom is -0.462 e. The van der Waals surface area contributed by atoms with Crippen LogP contribution in [0.2, 0.25) is 10.0 Å². The average Bonchev–Trinajstić information content (AvgIpc) is 2.26. The molecular weight excluding hydrogens is 311 g/mol. The molecule has 0 radical (unpaired) electrons. The van der Waals surface area contributed by atoms with Gasteiger partial charge in [-0.3, -0.25) is 0 Å². The summed E-state index contributed by atoms with van der Waals surface area (Å²) in [5.74, 6) is -0.930. The van der Waals surface area contributed by atoms with Crippen LogP contribution in [0, 0.1) is 0 Å². The maximum atomic E-state index is 11.7. The van der Waals surface area contributed by atoms with Crippen LogP contribution in [0.15, 0.2) is 23.1 Å². The summed E-state index contributed by atoms with van der Waals surface area (Å²) in [7, 11) is -3.75. The first kappa shape index (κ1) is 16.0. The Bertz CT molecular complexity index is 600. The molecule has 4 nitrogen and oxygen atoms in total. The molecule has 0 heterocycles. The van der Waals surface area contributed by atoms with Gasteiger partial charge in [0.15, 0.2) is 14.7 Å². The molecule has 0 saturated carbocycles. The quantitative estimate of drug-likeness (QED) is 0.631. The number of halogens is 2. The van der Waals surface area contributed by atoms with E-state index in [9.17, 15) is 13.2 Å². The topological polar surface area (TPSA) is 60.4 Å². The Balaban J connectivity index is 3.41. The standard InChI is InChI=1S/C12H12Cl2O4S/c1-3-18-12(15)11(19(2,16)17)7-8-9(13)5-4-6-10(8)14/h4-7H,3H2,1-2H3/b11-7-. The first-order valence-electron chi connectivity index (χ1n) is 5.30. The lowest BCUT2D eigenvalue weighted by molar-refractivity contribution is -0.137. The van der Waals surface area contributed by atoms with Crippen LogP contribution < -0.4 is 0 Å². The zero-order valence-electron chi connectivity index (χ0n) is 10.3. The second-order valence-corrected chi connectivity index (χ2v) is 6.44. The van der Waals surface area contributed by atoms with Crippen LogP contribution in [0.4, 0.5) is 0 Å². The first-order chi connectivity index (χ1) is 8.77. The largest absolute Gasteiger partial charge is 0.462 e. The lowest BCUT2D eigenvalue weighted by atomic mass is 10.2. The summed E-state index contributed by atoms with van der Waals surface area (Å²) in [6.45, 7) is 1.65. The molecule has 0 amide bonds. The van der Waals surface area contributed by atoms with Crippen LogP contribution in [0.25, 0.3) is 6.08 Å². The van der Waals surface area contributed by atoms with E-state index in [1.807, 2.05) is 0 Å². The number of ether oxygens (including phenoxy) is 1. The zero-order valence-corrected chi connectivity index (χ0v) is 12.6. The van der Waals surface area contributed by atoms with Gasteiger partial charge in [0, 0.05) is 21.9 Å². The van der Waals surface area contributed by atoms with E-state index in [1.165, 1.54) is 0 Å². The summed E-state index contributed by atoms with van der Waals surface area (Å²) in [5, 5.41) is 0.496. The van der Waals surface area contributed by atoms with Gasteiger partial charge in [0.1, 0.15) is 0 Å². The van der Waals surface area contributed by atoms with Gasteiger partial charge in [0.25, 0.3) is 0 Å². The van der Waals surface area contributed by atoms with Crippen molar-refractivity contribution in [3.05, 3.63) is 38.7 Å². The lowest BCUT2D eigenvalue weighted by Crippen LogP contribution is -2.15. The van der Waals surface area contributed by atoms with Gasteiger partial charge in [-0.2, -0.15) is 0 Å². The highest BCUT2D eigenvalue weighted by Crippen LogP contribution is 2.27. The molecule has 0 atom stereocenters. The Hall–Kier alpha value is -1.04. The van der Waals surface area contributed by atoms with Crippen LogP contribution in [0.5, 0.6) is 0 Å². The second kappa shape index (κ2) is 6.41. The van der Waals surface area contributed by atoms with Crippen molar-refractivity contribution in [1.29, 1.82) is 0 Å². The molecule has 0 aliphatic heterocycles. The van der Waals surface area contributed by atoms with E-state index in [-0.39, 0.29) is 22.2 Å². The lowest BCUT2D eigenvalue weighted by Gasteiger charge is -2.07. The van der Waals surface area contributed by atoms with Crippen molar-refractivity contribution in [2.75, 3.05) is 12.9 Å². The number of carbonyl (C=O) groups is 1. The van der Waals surface area contributed by atoms with Gasteiger partial charge in [-0.15, -0.1) is 0 Å². The molecule has 0 aliphatic rings. The van der Waals surface area contributed by atoms with Crippen LogP contribution in [0.1, 0.15) is 12.5 Å². The van der Waals surface area contributed by atoms with E-state index in [4.69, 9.17) is 27.9 Å². The van der Waals surface area contributed by atoms with Gasteiger partial charge >= 0.3 is 5.97 Å². The van der Waals surface area contributed by atoms with Crippen molar-refractivity contribution in [3.63, 3.8) is 0 Å². The first-order valence-corrected chi connectivity index (χ1v) is 7.95. The van der Waals surface area contributed by atoms with Crippen molar-refractivity contribution in [2.24, 2.45) is 0 Å².